The number of rotatable bonds is 11. The largest absolute Gasteiger partial charge is 0.284 e. The average molecular weight is 376 g/mol. The molecule has 1 aromatic carbocycles. The summed E-state index contributed by atoms with van der Waals surface area (Å²) in [4.78, 5) is 0. The summed E-state index contributed by atoms with van der Waals surface area (Å²) in [6.45, 7) is 3.46. The van der Waals surface area contributed by atoms with Gasteiger partial charge in [-0.15, -0.1) is 0 Å². The Morgan fingerprint density at radius 1 is 0.875 bits per heavy atom. The summed E-state index contributed by atoms with van der Waals surface area (Å²) in [6.07, 6.45) is 6.94. The van der Waals surface area contributed by atoms with Gasteiger partial charge in [0, 0.05) is 5.69 Å². The Morgan fingerprint density at radius 2 is 1.42 bits per heavy atom. The lowest BCUT2D eigenvalue weighted by molar-refractivity contribution is 0.577. The van der Waals surface area contributed by atoms with Gasteiger partial charge >= 0.3 is 0 Å². The van der Waals surface area contributed by atoms with E-state index in [4.69, 9.17) is 0 Å². The lowest BCUT2D eigenvalue weighted by Gasteiger charge is -2.07. The summed E-state index contributed by atoms with van der Waals surface area (Å²) in [7, 11) is -6.13. The van der Waals surface area contributed by atoms with Crippen molar-refractivity contribution in [2.75, 3.05) is 16.7 Å². The standard InChI is InChI=1S/C17H29NO4S2/c1-15(2)24(21,22)14-8-6-4-5-7-9-16-10-12-17(13-11-16)18-23(3,19)20/h10-13,15,18H,4-9,14H2,1-3H3. The SMILES string of the molecule is CC(C)S(=O)(=O)CCCCCCCc1ccc(NS(C)(=O)=O)cc1. The van der Waals surface area contributed by atoms with Crippen LogP contribution in [-0.4, -0.2) is 34.1 Å². The van der Waals surface area contributed by atoms with Crippen LogP contribution in [0.2, 0.25) is 0 Å². The first-order valence-corrected chi connectivity index (χ1v) is 12.0. The quantitative estimate of drug-likeness (QED) is 0.601. The minimum atomic E-state index is -3.23. The molecule has 0 bridgehead atoms. The van der Waals surface area contributed by atoms with Crippen LogP contribution in [0.4, 0.5) is 5.69 Å². The molecule has 0 spiro atoms. The molecule has 1 rings (SSSR count). The number of sulfone groups is 1. The fourth-order valence-electron chi connectivity index (χ4n) is 2.35. The highest BCUT2D eigenvalue weighted by molar-refractivity contribution is 7.92. The summed E-state index contributed by atoms with van der Waals surface area (Å²) < 4.78 is 48.1. The average Bonchev–Trinajstić information content (AvgIpc) is 2.46. The summed E-state index contributed by atoms with van der Waals surface area (Å²) in [6, 6.07) is 7.41. The zero-order valence-corrected chi connectivity index (χ0v) is 16.4. The normalized spacial score (nSPS) is 12.5. The van der Waals surface area contributed by atoms with E-state index in [-0.39, 0.29) is 5.25 Å². The Morgan fingerprint density at radius 3 is 1.96 bits per heavy atom. The van der Waals surface area contributed by atoms with Gasteiger partial charge in [0.1, 0.15) is 0 Å². The van der Waals surface area contributed by atoms with E-state index in [9.17, 15) is 16.8 Å². The monoisotopic (exact) mass is 375 g/mol. The van der Waals surface area contributed by atoms with Crippen LogP contribution in [0.25, 0.3) is 0 Å². The molecule has 0 saturated carbocycles. The smallest absolute Gasteiger partial charge is 0.229 e. The van der Waals surface area contributed by atoms with Crippen molar-refractivity contribution in [3.8, 4) is 0 Å². The van der Waals surface area contributed by atoms with Gasteiger partial charge in [0.05, 0.1) is 17.3 Å². The molecule has 0 saturated heterocycles. The second kappa shape index (κ2) is 9.42. The van der Waals surface area contributed by atoms with E-state index in [0.29, 0.717) is 11.4 Å². The van der Waals surface area contributed by atoms with Gasteiger partial charge in [0.2, 0.25) is 10.0 Å². The summed E-state index contributed by atoms with van der Waals surface area (Å²) in [5, 5.41) is -0.280. The number of benzene rings is 1. The Kier molecular flexibility index (Phi) is 8.22. The zero-order chi connectivity index (χ0) is 18.2. The van der Waals surface area contributed by atoms with E-state index in [1.54, 1.807) is 26.0 Å². The Balaban J connectivity index is 2.20. The molecule has 0 amide bonds. The van der Waals surface area contributed by atoms with Crippen LogP contribution in [0.1, 0.15) is 51.5 Å². The van der Waals surface area contributed by atoms with Gasteiger partial charge in [-0.3, -0.25) is 4.72 Å². The maximum absolute atomic E-state index is 11.7. The highest BCUT2D eigenvalue weighted by Crippen LogP contribution is 2.14. The van der Waals surface area contributed by atoms with E-state index in [1.807, 2.05) is 12.1 Å². The van der Waals surface area contributed by atoms with E-state index < -0.39 is 19.9 Å². The van der Waals surface area contributed by atoms with Gasteiger partial charge < -0.3 is 0 Å². The maximum atomic E-state index is 11.7. The van der Waals surface area contributed by atoms with Crippen molar-refractivity contribution in [2.45, 2.75) is 57.6 Å². The van der Waals surface area contributed by atoms with Crippen LogP contribution in [0.15, 0.2) is 24.3 Å². The fourth-order valence-corrected chi connectivity index (χ4v) is 3.99. The Bertz CT molecular complexity index is 693. The first kappa shape index (κ1) is 21.0. The second-order valence-corrected chi connectivity index (χ2v) is 10.9. The van der Waals surface area contributed by atoms with Crippen molar-refractivity contribution in [3.63, 3.8) is 0 Å². The molecule has 1 aromatic rings. The molecule has 0 atom stereocenters. The minimum Gasteiger partial charge on any atom is -0.284 e. The van der Waals surface area contributed by atoms with Crippen molar-refractivity contribution in [2.24, 2.45) is 0 Å². The molecule has 5 nitrogen and oxygen atoms in total. The van der Waals surface area contributed by atoms with Crippen molar-refractivity contribution in [1.29, 1.82) is 0 Å². The number of anilines is 1. The lowest BCUT2D eigenvalue weighted by Crippen LogP contribution is -2.17. The molecule has 0 aliphatic heterocycles. The first-order valence-electron chi connectivity index (χ1n) is 8.38. The van der Waals surface area contributed by atoms with Gasteiger partial charge in [-0.1, -0.05) is 31.4 Å². The Labute approximate surface area is 146 Å². The van der Waals surface area contributed by atoms with Crippen LogP contribution in [0, 0.1) is 0 Å². The first-order chi connectivity index (χ1) is 11.1. The predicted octanol–water partition coefficient (Wildman–Crippen LogP) is 3.37. The maximum Gasteiger partial charge on any atom is 0.229 e. The minimum absolute atomic E-state index is 0.280. The molecule has 0 aliphatic rings. The molecule has 0 fully saturated rings. The molecule has 1 N–H and O–H groups in total. The molecule has 0 radical (unpaired) electrons. The highest BCUT2D eigenvalue weighted by Gasteiger charge is 2.14. The van der Waals surface area contributed by atoms with Crippen LogP contribution < -0.4 is 4.72 Å². The molecule has 0 unspecified atom stereocenters. The fraction of sp³-hybridized carbons (Fsp3) is 0.647. The van der Waals surface area contributed by atoms with Gasteiger partial charge in [-0.05, 0) is 50.8 Å². The van der Waals surface area contributed by atoms with E-state index in [2.05, 4.69) is 4.72 Å². The van der Waals surface area contributed by atoms with Crippen molar-refractivity contribution >= 4 is 25.5 Å². The van der Waals surface area contributed by atoms with Crippen LogP contribution in [0.5, 0.6) is 0 Å². The van der Waals surface area contributed by atoms with Crippen molar-refractivity contribution in [3.05, 3.63) is 29.8 Å². The molecule has 24 heavy (non-hydrogen) atoms. The topological polar surface area (TPSA) is 80.3 Å². The number of nitrogens with one attached hydrogen (secondary N) is 1. The second-order valence-electron chi connectivity index (χ2n) is 6.50. The van der Waals surface area contributed by atoms with Crippen LogP contribution in [-0.2, 0) is 26.3 Å². The molecule has 0 heterocycles. The van der Waals surface area contributed by atoms with Crippen molar-refractivity contribution in [1.82, 2.24) is 0 Å². The molecule has 7 heteroatoms. The lowest BCUT2D eigenvalue weighted by atomic mass is 10.1. The molecule has 0 aliphatic carbocycles. The third kappa shape index (κ3) is 8.68. The van der Waals surface area contributed by atoms with Gasteiger partial charge in [-0.25, -0.2) is 16.8 Å². The van der Waals surface area contributed by atoms with Gasteiger partial charge in [0.25, 0.3) is 0 Å². The highest BCUT2D eigenvalue weighted by atomic mass is 32.2. The molecular weight excluding hydrogens is 346 g/mol. The van der Waals surface area contributed by atoms with Crippen molar-refractivity contribution < 1.29 is 16.8 Å². The molecular formula is C17H29NO4S2. The molecule has 0 aromatic heterocycles. The zero-order valence-electron chi connectivity index (χ0n) is 14.8. The Hall–Kier alpha value is -1.08. The van der Waals surface area contributed by atoms with Crippen LogP contribution >= 0.6 is 0 Å². The predicted molar refractivity (Wildman–Crippen MR) is 101 cm³/mol. The van der Waals surface area contributed by atoms with E-state index >= 15 is 0 Å². The number of aryl methyl sites for hydroxylation is 1. The number of hydrogen-bond donors (Lipinski definition) is 1. The summed E-state index contributed by atoms with van der Waals surface area (Å²) in [5.74, 6) is 0.291. The number of unbranched alkanes of at least 4 members (excludes halogenated alkanes) is 4. The van der Waals surface area contributed by atoms with E-state index in [0.717, 1.165) is 44.8 Å². The third-order valence-corrected chi connectivity index (χ3v) is 6.77. The summed E-state index contributed by atoms with van der Waals surface area (Å²) >= 11 is 0. The van der Waals surface area contributed by atoms with Crippen LogP contribution in [0.3, 0.4) is 0 Å². The molecule has 138 valence electrons. The number of sulfonamides is 1. The summed E-state index contributed by atoms with van der Waals surface area (Å²) in [5.41, 5.74) is 1.75. The van der Waals surface area contributed by atoms with Gasteiger partial charge in [0.15, 0.2) is 9.84 Å². The number of hydrogen-bond acceptors (Lipinski definition) is 4. The third-order valence-electron chi connectivity index (χ3n) is 3.87. The van der Waals surface area contributed by atoms with Gasteiger partial charge in [-0.2, -0.15) is 0 Å². The van der Waals surface area contributed by atoms with E-state index in [1.165, 1.54) is 5.56 Å².